The van der Waals surface area contributed by atoms with Gasteiger partial charge in [-0.3, -0.25) is 4.90 Å². The Hall–Kier alpha value is -0.970. The summed E-state index contributed by atoms with van der Waals surface area (Å²) in [5.74, 6) is -0.0800. The number of hydrogen-bond acceptors (Lipinski definition) is 3. The Bertz CT molecular complexity index is 615. The fourth-order valence-corrected chi connectivity index (χ4v) is 3.90. The van der Waals surface area contributed by atoms with Gasteiger partial charge in [-0.2, -0.15) is 0 Å². The van der Waals surface area contributed by atoms with E-state index in [1.807, 2.05) is 12.1 Å². The second kappa shape index (κ2) is 6.42. The monoisotopic (exact) mass is 306 g/mol. The molecule has 0 aliphatic heterocycles. The van der Waals surface area contributed by atoms with Gasteiger partial charge in [-0.1, -0.05) is 19.9 Å². The zero-order valence-corrected chi connectivity index (χ0v) is 13.6. The van der Waals surface area contributed by atoms with E-state index in [0.717, 1.165) is 36.3 Å². The van der Waals surface area contributed by atoms with E-state index in [-0.39, 0.29) is 5.82 Å². The molecule has 1 aromatic carbocycles. The molecule has 1 aliphatic carbocycles. The van der Waals surface area contributed by atoms with Gasteiger partial charge in [-0.15, -0.1) is 11.3 Å². The van der Waals surface area contributed by atoms with E-state index in [9.17, 15) is 4.39 Å². The van der Waals surface area contributed by atoms with Gasteiger partial charge in [0.15, 0.2) is 0 Å². The van der Waals surface area contributed by atoms with Gasteiger partial charge in [0.25, 0.3) is 0 Å². The number of halogens is 1. The normalized spacial score (nSPS) is 15.2. The van der Waals surface area contributed by atoms with Crippen LogP contribution in [0.3, 0.4) is 0 Å². The van der Waals surface area contributed by atoms with Crippen molar-refractivity contribution < 1.29 is 4.39 Å². The maximum Gasteiger partial charge on any atom is 0.132 e. The zero-order chi connectivity index (χ0) is 14.8. The Labute approximate surface area is 130 Å². The van der Waals surface area contributed by atoms with Crippen LogP contribution in [0.5, 0.6) is 0 Å². The third-order valence-corrected chi connectivity index (χ3v) is 5.45. The van der Waals surface area contributed by atoms with Crippen molar-refractivity contribution in [3.8, 4) is 0 Å². The molecular formula is C17H23FN2S. The van der Waals surface area contributed by atoms with Gasteiger partial charge in [0.1, 0.15) is 5.82 Å². The SMILES string of the molecule is CCN(CC)Cc1c(CNC2CC2)sc2cccc(F)c12. The van der Waals surface area contributed by atoms with Gasteiger partial charge in [0, 0.05) is 34.1 Å². The molecule has 1 heterocycles. The molecule has 21 heavy (non-hydrogen) atoms. The highest BCUT2D eigenvalue weighted by Crippen LogP contribution is 2.34. The number of benzene rings is 1. The third kappa shape index (κ3) is 3.28. The summed E-state index contributed by atoms with van der Waals surface area (Å²) < 4.78 is 15.4. The van der Waals surface area contributed by atoms with Crippen LogP contribution >= 0.6 is 11.3 Å². The lowest BCUT2D eigenvalue weighted by Gasteiger charge is -2.19. The average molecular weight is 306 g/mol. The molecule has 0 saturated heterocycles. The average Bonchev–Trinajstić information content (AvgIpc) is 3.25. The maximum absolute atomic E-state index is 14.3. The lowest BCUT2D eigenvalue weighted by atomic mass is 10.1. The second-order valence-electron chi connectivity index (χ2n) is 5.73. The van der Waals surface area contributed by atoms with Crippen LogP contribution in [0, 0.1) is 5.82 Å². The van der Waals surface area contributed by atoms with Gasteiger partial charge in [0.05, 0.1) is 0 Å². The first kappa shape index (κ1) is 14.9. The van der Waals surface area contributed by atoms with Gasteiger partial charge >= 0.3 is 0 Å². The van der Waals surface area contributed by atoms with Crippen molar-refractivity contribution in [2.45, 2.75) is 45.8 Å². The van der Waals surface area contributed by atoms with Crippen LogP contribution < -0.4 is 5.32 Å². The topological polar surface area (TPSA) is 15.3 Å². The summed E-state index contributed by atoms with van der Waals surface area (Å²) in [6, 6.07) is 6.11. The van der Waals surface area contributed by atoms with Crippen molar-refractivity contribution in [3.63, 3.8) is 0 Å². The molecule has 0 amide bonds. The fraction of sp³-hybridized carbons (Fsp3) is 0.529. The van der Waals surface area contributed by atoms with Gasteiger partial charge in [0.2, 0.25) is 0 Å². The molecule has 1 fully saturated rings. The van der Waals surface area contributed by atoms with Crippen molar-refractivity contribution >= 4 is 21.4 Å². The number of thiophene rings is 1. The third-order valence-electron chi connectivity index (χ3n) is 4.25. The van der Waals surface area contributed by atoms with Crippen LogP contribution in [-0.2, 0) is 13.1 Å². The van der Waals surface area contributed by atoms with Crippen molar-refractivity contribution in [1.29, 1.82) is 0 Å². The van der Waals surface area contributed by atoms with Crippen LogP contribution in [-0.4, -0.2) is 24.0 Å². The van der Waals surface area contributed by atoms with E-state index < -0.39 is 0 Å². The molecule has 3 rings (SSSR count). The molecule has 1 aliphatic rings. The van der Waals surface area contributed by atoms with E-state index in [1.54, 1.807) is 17.4 Å². The van der Waals surface area contributed by atoms with Crippen LogP contribution in [0.1, 0.15) is 37.1 Å². The summed E-state index contributed by atoms with van der Waals surface area (Å²) in [6.45, 7) is 8.04. The summed E-state index contributed by atoms with van der Waals surface area (Å²) in [4.78, 5) is 3.66. The van der Waals surface area contributed by atoms with Crippen LogP contribution in [0.15, 0.2) is 18.2 Å². The molecule has 0 unspecified atom stereocenters. The zero-order valence-electron chi connectivity index (χ0n) is 12.8. The minimum absolute atomic E-state index is 0.0800. The molecule has 0 bridgehead atoms. The molecule has 4 heteroatoms. The summed E-state index contributed by atoms with van der Waals surface area (Å²) >= 11 is 1.74. The van der Waals surface area contributed by atoms with E-state index in [2.05, 4.69) is 24.1 Å². The van der Waals surface area contributed by atoms with Crippen molar-refractivity contribution in [3.05, 3.63) is 34.5 Å². The smallest absolute Gasteiger partial charge is 0.132 e. The van der Waals surface area contributed by atoms with Crippen molar-refractivity contribution in [2.24, 2.45) is 0 Å². The minimum atomic E-state index is -0.0800. The minimum Gasteiger partial charge on any atom is -0.309 e. The lowest BCUT2D eigenvalue weighted by molar-refractivity contribution is 0.296. The maximum atomic E-state index is 14.3. The first-order chi connectivity index (χ1) is 10.2. The fourth-order valence-electron chi connectivity index (χ4n) is 2.72. The first-order valence-electron chi connectivity index (χ1n) is 7.87. The number of fused-ring (bicyclic) bond motifs is 1. The molecule has 2 nitrogen and oxygen atoms in total. The number of nitrogens with zero attached hydrogens (tertiary/aromatic N) is 1. The molecule has 1 saturated carbocycles. The van der Waals surface area contributed by atoms with Crippen LogP contribution in [0.2, 0.25) is 0 Å². The first-order valence-corrected chi connectivity index (χ1v) is 8.69. The molecule has 2 aromatic rings. The summed E-state index contributed by atoms with van der Waals surface area (Å²) in [5, 5.41) is 4.41. The predicted molar refractivity (Wildman–Crippen MR) is 88.3 cm³/mol. The van der Waals surface area contributed by atoms with E-state index in [4.69, 9.17) is 0 Å². The number of nitrogens with one attached hydrogen (secondary N) is 1. The number of hydrogen-bond donors (Lipinski definition) is 1. The largest absolute Gasteiger partial charge is 0.309 e. The highest BCUT2D eigenvalue weighted by molar-refractivity contribution is 7.19. The van der Waals surface area contributed by atoms with Gasteiger partial charge in [-0.05, 0) is 43.6 Å². The van der Waals surface area contributed by atoms with E-state index >= 15 is 0 Å². The Kier molecular flexibility index (Phi) is 4.57. The Morgan fingerprint density at radius 1 is 1.29 bits per heavy atom. The Morgan fingerprint density at radius 3 is 2.71 bits per heavy atom. The molecule has 1 N–H and O–H groups in total. The number of rotatable bonds is 7. The van der Waals surface area contributed by atoms with Gasteiger partial charge in [-0.25, -0.2) is 4.39 Å². The Balaban J connectivity index is 1.96. The second-order valence-corrected chi connectivity index (χ2v) is 6.87. The summed E-state index contributed by atoms with van der Waals surface area (Å²) in [5.41, 5.74) is 1.19. The predicted octanol–water partition coefficient (Wildman–Crippen LogP) is 4.13. The molecule has 0 atom stereocenters. The molecule has 1 aromatic heterocycles. The highest BCUT2D eigenvalue weighted by Gasteiger charge is 2.22. The molecule has 0 spiro atoms. The van der Waals surface area contributed by atoms with Crippen molar-refractivity contribution in [2.75, 3.05) is 13.1 Å². The summed E-state index contributed by atoms with van der Waals surface area (Å²) in [6.07, 6.45) is 2.56. The van der Waals surface area contributed by atoms with Gasteiger partial charge < -0.3 is 5.32 Å². The highest BCUT2D eigenvalue weighted by atomic mass is 32.1. The van der Waals surface area contributed by atoms with E-state index in [0.29, 0.717) is 6.04 Å². The lowest BCUT2D eigenvalue weighted by Crippen LogP contribution is -2.23. The molecule has 0 radical (unpaired) electrons. The molecule has 114 valence electrons. The van der Waals surface area contributed by atoms with Crippen LogP contribution in [0.25, 0.3) is 10.1 Å². The summed E-state index contributed by atoms with van der Waals surface area (Å²) in [7, 11) is 0. The van der Waals surface area contributed by atoms with Crippen LogP contribution in [0.4, 0.5) is 4.39 Å². The van der Waals surface area contributed by atoms with Crippen molar-refractivity contribution in [1.82, 2.24) is 10.2 Å². The van der Waals surface area contributed by atoms with E-state index in [1.165, 1.54) is 23.3 Å². The standard InChI is InChI=1S/C17H23FN2S/c1-3-20(4-2)11-13-16(10-19-12-8-9-12)21-15-7-5-6-14(18)17(13)15/h5-7,12,19H,3-4,8-11H2,1-2H3. The molecular weight excluding hydrogens is 283 g/mol. The Morgan fingerprint density at radius 2 is 2.05 bits per heavy atom. The quantitative estimate of drug-likeness (QED) is 0.827.